The van der Waals surface area contributed by atoms with Gasteiger partial charge in [-0.05, 0) is 24.3 Å². The van der Waals surface area contributed by atoms with Crippen molar-refractivity contribution in [3.63, 3.8) is 0 Å². The summed E-state index contributed by atoms with van der Waals surface area (Å²) in [6, 6.07) is 11.3. The Kier molecular flexibility index (Phi) is 4.19. The van der Waals surface area contributed by atoms with Gasteiger partial charge in [-0.25, -0.2) is 9.78 Å². The molecule has 128 valence electrons. The van der Waals surface area contributed by atoms with E-state index in [0.717, 1.165) is 17.9 Å². The van der Waals surface area contributed by atoms with Crippen LogP contribution < -0.4 is 5.32 Å². The molecule has 6 nitrogen and oxygen atoms in total. The number of hydrogen-bond donors (Lipinski definition) is 1. The first-order valence-electron chi connectivity index (χ1n) is 8.11. The lowest BCUT2D eigenvalue weighted by molar-refractivity contribution is 0.215. The van der Waals surface area contributed by atoms with Crippen molar-refractivity contribution in [2.75, 3.05) is 19.6 Å². The third-order valence-corrected chi connectivity index (χ3v) is 4.57. The van der Waals surface area contributed by atoms with Gasteiger partial charge in [-0.2, -0.15) is 0 Å². The van der Waals surface area contributed by atoms with Crippen LogP contribution in [0.2, 0.25) is 5.02 Å². The smallest absolute Gasteiger partial charge is 0.317 e. The first kappa shape index (κ1) is 15.8. The van der Waals surface area contributed by atoms with Gasteiger partial charge in [-0.1, -0.05) is 23.7 Å². The average molecular weight is 357 g/mol. The number of halogens is 1. The van der Waals surface area contributed by atoms with Gasteiger partial charge in [0.1, 0.15) is 5.76 Å². The van der Waals surface area contributed by atoms with Crippen molar-refractivity contribution in [2.24, 2.45) is 0 Å². The molecule has 0 radical (unpaired) electrons. The Balaban J connectivity index is 1.54. The molecule has 0 bridgehead atoms. The van der Waals surface area contributed by atoms with Crippen LogP contribution in [0.4, 0.5) is 4.79 Å². The van der Waals surface area contributed by atoms with E-state index in [0.29, 0.717) is 36.2 Å². The monoisotopic (exact) mass is 356 g/mol. The average Bonchev–Trinajstić information content (AvgIpc) is 3.33. The van der Waals surface area contributed by atoms with Crippen LogP contribution in [0.15, 0.2) is 53.2 Å². The maximum atomic E-state index is 11.6. The van der Waals surface area contributed by atoms with Crippen molar-refractivity contribution in [2.45, 2.75) is 6.54 Å². The summed E-state index contributed by atoms with van der Waals surface area (Å²) < 4.78 is 7.95. The Morgan fingerprint density at radius 1 is 1.16 bits per heavy atom. The molecule has 3 heterocycles. The van der Waals surface area contributed by atoms with E-state index in [-0.39, 0.29) is 6.03 Å². The van der Waals surface area contributed by atoms with Gasteiger partial charge in [-0.3, -0.25) is 0 Å². The topological polar surface area (TPSA) is 63.3 Å². The number of furan rings is 1. The van der Waals surface area contributed by atoms with E-state index in [1.165, 1.54) is 0 Å². The minimum absolute atomic E-state index is 0.0133. The largest absolute Gasteiger partial charge is 0.453 e. The van der Waals surface area contributed by atoms with Crippen molar-refractivity contribution >= 4 is 17.6 Å². The van der Waals surface area contributed by atoms with Gasteiger partial charge >= 0.3 is 6.03 Å². The quantitative estimate of drug-likeness (QED) is 0.761. The predicted molar refractivity (Wildman–Crippen MR) is 95.3 cm³/mol. The molecular weight excluding hydrogens is 340 g/mol. The van der Waals surface area contributed by atoms with Crippen molar-refractivity contribution in [3.8, 4) is 22.9 Å². The highest BCUT2D eigenvalue weighted by molar-refractivity contribution is 6.33. The highest BCUT2D eigenvalue weighted by atomic mass is 35.5. The molecule has 3 aromatic rings. The first-order chi connectivity index (χ1) is 12.2. The van der Waals surface area contributed by atoms with Crippen LogP contribution in [0.1, 0.15) is 0 Å². The highest BCUT2D eigenvalue weighted by Crippen LogP contribution is 2.32. The third-order valence-electron chi connectivity index (χ3n) is 4.24. The number of carbonyl (C=O) groups excluding carboxylic acids is 1. The fourth-order valence-corrected chi connectivity index (χ4v) is 3.16. The van der Waals surface area contributed by atoms with Gasteiger partial charge in [0, 0.05) is 44.1 Å². The Hall–Kier alpha value is -2.73. The van der Waals surface area contributed by atoms with Gasteiger partial charge in [0.25, 0.3) is 0 Å². The Morgan fingerprint density at radius 3 is 2.80 bits per heavy atom. The molecule has 2 aromatic heterocycles. The number of benzene rings is 1. The van der Waals surface area contributed by atoms with Crippen LogP contribution in [0.3, 0.4) is 0 Å². The Morgan fingerprint density at radius 2 is 2.00 bits per heavy atom. The highest BCUT2D eigenvalue weighted by Gasteiger charge is 2.20. The lowest BCUT2D eigenvalue weighted by Gasteiger charge is -2.15. The molecule has 1 aliphatic heterocycles. The molecule has 1 fully saturated rings. The van der Waals surface area contributed by atoms with Gasteiger partial charge in [-0.15, -0.1) is 0 Å². The molecule has 4 rings (SSSR count). The number of hydrogen-bond acceptors (Lipinski definition) is 3. The maximum Gasteiger partial charge on any atom is 0.317 e. The summed E-state index contributed by atoms with van der Waals surface area (Å²) in [6.45, 7) is 2.73. The Labute approximate surface area is 150 Å². The zero-order valence-corrected chi connectivity index (χ0v) is 14.2. The van der Waals surface area contributed by atoms with Crippen molar-refractivity contribution in [1.82, 2.24) is 19.8 Å². The number of rotatable bonds is 5. The molecule has 1 aromatic carbocycles. The standard InChI is InChI=1S/C18H17ClN4O2/c19-14-4-2-1-3-13(14)15-5-6-16(25-15)17-20-7-9-22(17)11-12-23-10-8-21-18(23)24/h1-7,9H,8,10-12H2,(H,21,24). The second-order valence-corrected chi connectivity index (χ2v) is 6.21. The maximum absolute atomic E-state index is 11.6. The fraction of sp³-hybridized carbons (Fsp3) is 0.222. The van der Waals surface area contributed by atoms with E-state index in [4.69, 9.17) is 16.0 Å². The van der Waals surface area contributed by atoms with Crippen molar-refractivity contribution < 1.29 is 9.21 Å². The van der Waals surface area contributed by atoms with E-state index < -0.39 is 0 Å². The van der Waals surface area contributed by atoms with Crippen LogP contribution >= 0.6 is 11.6 Å². The zero-order valence-electron chi connectivity index (χ0n) is 13.5. The Bertz CT molecular complexity index is 902. The summed E-state index contributed by atoms with van der Waals surface area (Å²) in [5.74, 6) is 2.11. The van der Waals surface area contributed by atoms with E-state index >= 15 is 0 Å². The molecule has 0 spiro atoms. The molecule has 2 amide bonds. The van der Waals surface area contributed by atoms with Gasteiger partial charge in [0.15, 0.2) is 11.6 Å². The molecule has 1 saturated heterocycles. The molecular formula is C18H17ClN4O2. The zero-order chi connectivity index (χ0) is 17.2. The number of urea groups is 1. The summed E-state index contributed by atoms with van der Waals surface area (Å²) in [5.41, 5.74) is 0.849. The second kappa shape index (κ2) is 6.64. The number of amides is 2. The van der Waals surface area contributed by atoms with Gasteiger partial charge in [0.2, 0.25) is 0 Å². The lowest BCUT2D eigenvalue weighted by atomic mass is 10.2. The van der Waals surface area contributed by atoms with E-state index in [1.54, 1.807) is 11.1 Å². The molecule has 0 aliphatic carbocycles. The number of nitrogens with one attached hydrogen (secondary N) is 1. The van der Waals surface area contributed by atoms with Gasteiger partial charge in [0.05, 0.1) is 5.02 Å². The molecule has 7 heteroatoms. The molecule has 0 atom stereocenters. The van der Waals surface area contributed by atoms with E-state index in [9.17, 15) is 4.79 Å². The number of carbonyl (C=O) groups is 1. The molecule has 1 aliphatic rings. The minimum atomic E-state index is -0.0133. The van der Waals surface area contributed by atoms with E-state index in [1.807, 2.05) is 47.2 Å². The van der Waals surface area contributed by atoms with Crippen LogP contribution in [0.25, 0.3) is 22.9 Å². The van der Waals surface area contributed by atoms with Crippen molar-refractivity contribution in [1.29, 1.82) is 0 Å². The SMILES string of the molecule is O=C1NCCN1CCn1ccnc1-c1ccc(-c2ccccc2Cl)o1. The first-order valence-corrected chi connectivity index (χ1v) is 8.49. The predicted octanol–water partition coefficient (Wildman–Crippen LogP) is 3.49. The summed E-state index contributed by atoms with van der Waals surface area (Å²) in [5, 5.41) is 3.45. The summed E-state index contributed by atoms with van der Waals surface area (Å²) in [4.78, 5) is 17.8. The molecule has 0 saturated carbocycles. The number of nitrogens with zero attached hydrogens (tertiary/aromatic N) is 3. The molecule has 1 N–H and O–H groups in total. The van der Waals surface area contributed by atoms with Crippen LogP contribution in [-0.4, -0.2) is 40.1 Å². The second-order valence-electron chi connectivity index (χ2n) is 5.81. The van der Waals surface area contributed by atoms with Crippen LogP contribution in [0.5, 0.6) is 0 Å². The number of imidazole rings is 1. The lowest BCUT2D eigenvalue weighted by Crippen LogP contribution is -2.31. The van der Waals surface area contributed by atoms with Crippen LogP contribution in [0, 0.1) is 0 Å². The summed E-state index contributed by atoms with van der Waals surface area (Å²) >= 11 is 6.24. The fourth-order valence-electron chi connectivity index (χ4n) is 2.93. The molecule has 25 heavy (non-hydrogen) atoms. The number of aromatic nitrogens is 2. The summed E-state index contributed by atoms with van der Waals surface area (Å²) in [7, 11) is 0. The van der Waals surface area contributed by atoms with Crippen molar-refractivity contribution in [3.05, 3.63) is 53.8 Å². The third kappa shape index (κ3) is 3.13. The molecule has 0 unspecified atom stereocenters. The normalized spacial score (nSPS) is 14.1. The van der Waals surface area contributed by atoms with Gasteiger partial charge < -0.3 is 19.2 Å². The van der Waals surface area contributed by atoms with E-state index in [2.05, 4.69) is 10.3 Å². The van der Waals surface area contributed by atoms with Crippen LogP contribution in [-0.2, 0) is 6.54 Å². The summed E-state index contributed by atoms with van der Waals surface area (Å²) in [6.07, 6.45) is 3.62. The minimum Gasteiger partial charge on any atom is -0.453 e.